The molecule has 0 fully saturated rings. The summed E-state index contributed by atoms with van der Waals surface area (Å²) < 4.78 is 16.7. The van der Waals surface area contributed by atoms with E-state index >= 15 is 0 Å². The highest BCUT2D eigenvalue weighted by atomic mass is 16.6. The van der Waals surface area contributed by atoms with E-state index in [9.17, 15) is 14.4 Å². The van der Waals surface area contributed by atoms with Gasteiger partial charge >= 0.3 is 17.9 Å². The maximum atomic E-state index is 12.8. The van der Waals surface area contributed by atoms with E-state index in [-0.39, 0.29) is 31.6 Å². The van der Waals surface area contributed by atoms with Crippen molar-refractivity contribution in [1.82, 2.24) is 0 Å². The zero-order chi connectivity index (χ0) is 49.3. The second-order valence-electron chi connectivity index (χ2n) is 18.5. The summed E-state index contributed by atoms with van der Waals surface area (Å²) in [4.78, 5) is 38.0. The van der Waals surface area contributed by atoms with Crippen LogP contribution in [-0.2, 0) is 28.6 Å². The molecule has 6 nitrogen and oxygen atoms in total. The van der Waals surface area contributed by atoms with E-state index in [4.69, 9.17) is 14.2 Å². The second-order valence-corrected chi connectivity index (χ2v) is 18.5. The third-order valence-electron chi connectivity index (χ3n) is 11.9. The first-order valence-electron chi connectivity index (χ1n) is 28.2. The number of hydrogen-bond acceptors (Lipinski definition) is 6. The van der Waals surface area contributed by atoms with Crippen molar-refractivity contribution in [3.63, 3.8) is 0 Å². The Balaban J connectivity index is 4.42. The molecule has 0 saturated heterocycles. The van der Waals surface area contributed by atoms with Crippen molar-refractivity contribution in [2.24, 2.45) is 0 Å². The van der Waals surface area contributed by atoms with Crippen LogP contribution in [0.15, 0.2) is 97.2 Å². The van der Waals surface area contributed by atoms with E-state index in [1.807, 2.05) is 6.08 Å². The molecule has 1 atom stereocenters. The van der Waals surface area contributed by atoms with Gasteiger partial charge in [0.2, 0.25) is 0 Å². The summed E-state index contributed by atoms with van der Waals surface area (Å²) in [5.41, 5.74) is 0. The first-order valence-corrected chi connectivity index (χ1v) is 28.2. The molecule has 0 bridgehead atoms. The smallest absolute Gasteiger partial charge is 0.310 e. The Morgan fingerprint density at radius 2 is 0.618 bits per heavy atom. The normalized spacial score (nSPS) is 12.8. The van der Waals surface area contributed by atoms with Crippen molar-refractivity contribution in [2.45, 2.75) is 264 Å². The van der Waals surface area contributed by atoms with E-state index < -0.39 is 12.1 Å². The zero-order valence-corrected chi connectivity index (χ0v) is 44.3. The highest BCUT2D eigenvalue weighted by molar-refractivity contribution is 5.72. The van der Waals surface area contributed by atoms with E-state index in [1.165, 1.54) is 128 Å². The molecule has 0 radical (unpaired) electrons. The Bertz CT molecular complexity index is 1360. The fourth-order valence-electron chi connectivity index (χ4n) is 7.64. The number of esters is 3. The Labute approximate surface area is 419 Å². The molecule has 0 aliphatic rings. The standard InChI is InChI=1S/C62H104O6/c1-4-7-10-13-16-19-22-25-27-28-29-30-31-32-33-34-36-37-40-43-46-49-52-55-61(64)67-58-59(57-66-60(63)54-51-48-45-42-39-24-21-18-15-12-9-6-3)68-62(65)56-53-50-47-44-41-38-35-26-23-20-17-14-11-8-5-2/h8,11,17,20,22,25-26,28-29,31-32,35,41,44,50,53,59H,4-7,9-10,12-16,18-19,21,23-24,27,30,33-34,36-40,42-43,45-49,51-52,54-58H2,1-3H3/b11-8-,20-17-,25-22-,29-28-,32-31-,35-26-,44-41-,53-50-. The van der Waals surface area contributed by atoms with Crippen molar-refractivity contribution in [3.05, 3.63) is 97.2 Å². The van der Waals surface area contributed by atoms with Gasteiger partial charge in [-0.1, -0.05) is 253 Å². The van der Waals surface area contributed by atoms with Crippen molar-refractivity contribution >= 4 is 17.9 Å². The average molecular weight is 946 g/mol. The lowest BCUT2D eigenvalue weighted by atomic mass is 10.0. The summed E-state index contributed by atoms with van der Waals surface area (Å²) in [5, 5.41) is 0. The Morgan fingerprint density at radius 3 is 0.971 bits per heavy atom. The molecular formula is C62H104O6. The lowest BCUT2D eigenvalue weighted by Gasteiger charge is -2.18. The van der Waals surface area contributed by atoms with Gasteiger partial charge in [0.15, 0.2) is 6.10 Å². The first-order chi connectivity index (χ1) is 33.5. The zero-order valence-electron chi connectivity index (χ0n) is 44.3. The summed E-state index contributed by atoms with van der Waals surface area (Å²) in [6, 6.07) is 0. The molecule has 0 aliphatic heterocycles. The topological polar surface area (TPSA) is 78.9 Å². The number of ether oxygens (including phenoxy) is 3. The molecule has 0 rings (SSSR count). The molecular weight excluding hydrogens is 841 g/mol. The van der Waals surface area contributed by atoms with Crippen LogP contribution in [0, 0.1) is 0 Å². The van der Waals surface area contributed by atoms with Gasteiger partial charge in [-0.3, -0.25) is 14.4 Å². The second kappa shape index (κ2) is 55.9. The molecule has 0 saturated carbocycles. The molecule has 68 heavy (non-hydrogen) atoms. The van der Waals surface area contributed by atoms with Gasteiger partial charge < -0.3 is 14.2 Å². The summed E-state index contributed by atoms with van der Waals surface area (Å²) in [7, 11) is 0. The summed E-state index contributed by atoms with van der Waals surface area (Å²) in [5.74, 6) is -1.05. The molecule has 0 aromatic rings. The summed E-state index contributed by atoms with van der Waals surface area (Å²) in [6.45, 7) is 6.42. The van der Waals surface area contributed by atoms with E-state index in [2.05, 4.69) is 106 Å². The Morgan fingerprint density at radius 1 is 0.324 bits per heavy atom. The van der Waals surface area contributed by atoms with E-state index in [0.29, 0.717) is 12.8 Å². The summed E-state index contributed by atoms with van der Waals surface area (Å²) in [6.07, 6.45) is 74.2. The largest absolute Gasteiger partial charge is 0.462 e. The molecule has 0 aliphatic carbocycles. The van der Waals surface area contributed by atoms with E-state index in [1.54, 1.807) is 6.08 Å². The minimum Gasteiger partial charge on any atom is -0.462 e. The number of unbranched alkanes of at least 4 members (excludes halogenated alkanes) is 24. The SMILES string of the molecule is CC/C=C\C/C=C\C/C=C\C/C=C\C/C=C\CC(=O)OC(COC(=O)CCCCCCCCCC/C=C\C/C=C\C/C=C\CCCCCCC)COC(=O)CCCCCCCCCCCCCC. The molecule has 0 amide bonds. The molecule has 6 heteroatoms. The highest BCUT2D eigenvalue weighted by Gasteiger charge is 2.19. The Hall–Kier alpha value is -3.67. The van der Waals surface area contributed by atoms with Crippen molar-refractivity contribution in [2.75, 3.05) is 13.2 Å². The van der Waals surface area contributed by atoms with E-state index in [0.717, 1.165) is 89.9 Å². The number of allylic oxidation sites excluding steroid dienone is 15. The predicted octanol–water partition coefficient (Wildman–Crippen LogP) is 18.9. The lowest BCUT2D eigenvalue weighted by molar-refractivity contribution is -0.166. The van der Waals surface area contributed by atoms with Gasteiger partial charge in [0.25, 0.3) is 0 Å². The maximum absolute atomic E-state index is 12.8. The Kier molecular flexibility index (Phi) is 52.9. The van der Waals surface area contributed by atoms with Gasteiger partial charge in [-0.15, -0.1) is 0 Å². The van der Waals surface area contributed by atoms with Crippen LogP contribution in [0.1, 0.15) is 258 Å². The fraction of sp³-hybridized carbons (Fsp3) is 0.694. The van der Waals surface area contributed by atoms with Gasteiger partial charge in [-0.05, 0) is 83.5 Å². The predicted molar refractivity (Wildman–Crippen MR) is 293 cm³/mol. The van der Waals surface area contributed by atoms with Crippen LogP contribution in [-0.4, -0.2) is 37.2 Å². The molecule has 0 N–H and O–H groups in total. The van der Waals surface area contributed by atoms with Crippen molar-refractivity contribution in [3.8, 4) is 0 Å². The minimum absolute atomic E-state index is 0.0947. The third-order valence-corrected chi connectivity index (χ3v) is 11.9. The molecule has 0 aromatic carbocycles. The number of hydrogen-bond donors (Lipinski definition) is 0. The van der Waals surface area contributed by atoms with Gasteiger partial charge in [0, 0.05) is 12.8 Å². The van der Waals surface area contributed by atoms with Crippen LogP contribution in [0.3, 0.4) is 0 Å². The van der Waals surface area contributed by atoms with Crippen molar-refractivity contribution < 1.29 is 28.6 Å². The van der Waals surface area contributed by atoms with Crippen LogP contribution >= 0.6 is 0 Å². The number of rotatable bonds is 50. The first kappa shape index (κ1) is 64.3. The van der Waals surface area contributed by atoms with Gasteiger partial charge in [-0.2, -0.15) is 0 Å². The third kappa shape index (κ3) is 53.3. The van der Waals surface area contributed by atoms with Gasteiger partial charge in [0.05, 0.1) is 6.42 Å². The monoisotopic (exact) mass is 945 g/mol. The van der Waals surface area contributed by atoms with Gasteiger partial charge in [-0.25, -0.2) is 0 Å². The fourth-order valence-corrected chi connectivity index (χ4v) is 7.64. The van der Waals surface area contributed by atoms with Crippen molar-refractivity contribution in [1.29, 1.82) is 0 Å². The average Bonchev–Trinajstić information content (AvgIpc) is 3.34. The summed E-state index contributed by atoms with van der Waals surface area (Å²) >= 11 is 0. The molecule has 0 heterocycles. The number of carbonyl (C=O) groups is 3. The van der Waals surface area contributed by atoms with Crippen LogP contribution in [0.5, 0.6) is 0 Å². The van der Waals surface area contributed by atoms with Crippen LogP contribution in [0.2, 0.25) is 0 Å². The lowest BCUT2D eigenvalue weighted by Crippen LogP contribution is -2.30. The molecule has 388 valence electrons. The maximum Gasteiger partial charge on any atom is 0.310 e. The van der Waals surface area contributed by atoms with Crippen LogP contribution < -0.4 is 0 Å². The quantitative estimate of drug-likeness (QED) is 0.0262. The van der Waals surface area contributed by atoms with Crippen LogP contribution in [0.25, 0.3) is 0 Å². The molecule has 1 unspecified atom stereocenters. The number of carbonyl (C=O) groups excluding carboxylic acids is 3. The minimum atomic E-state index is -0.834. The molecule has 0 spiro atoms. The van der Waals surface area contributed by atoms with Gasteiger partial charge in [0.1, 0.15) is 13.2 Å². The molecule has 0 aromatic heterocycles. The highest BCUT2D eigenvalue weighted by Crippen LogP contribution is 2.15. The van der Waals surface area contributed by atoms with Crippen LogP contribution in [0.4, 0.5) is 0 Å².